The summed E-state index contributed by atoms with van der Waals surface area (Å²) in [4.78, 5) is 0. The molecule has 84 valence electrons. The van der Waals surface area contributed by atoms with Gasteiger partial charge in [0.2, 0.25) is 0 Å². The summed E-state index contributed by atoms with van der Waals surface area (Å²) in [6.07, 6.45) is 5.39. The van der Waals surface area contributed by atoms with E-state index in [0.717, 1.165) is 31.7 Å². The number of nitrogens with zero attached hydrogens (tertiary/aromatic N) is 2. The Morgan fingerprint density at radius 3 is 3.20 bits per heavy atom. The highest BCUT2D eigenvalue weighted by molar-refractivity contribution is 4.94. The van der Waals surface area contributed by atoms with Crippen molar-refractivity contribution < 1.29 is 9.47 Å². The fourth-order valence-corrected chi connectivity index (χ4v) is 1.71. The van der Waals surface area contributed by atoms with Gasteiger partial charge in [-0.1, -0.05) is 0 Å². The maximum absolute atomic E-state index is 5.61. The average molecular weight is 210 g/mol. The normalized spacial score (nSPS) is 21.8. The van der Waals surface area contributed by atoms with Crippen molar-refractivity contribution in [2.75, 3.05) is 13.2 Å². The number of rotatable bonds is 4. The van der Waals surface area contributed by atoms with E-state index in [9.17, 15) is 0 Å². The van der Waals surface area contributed by atoms with Crippen LogP contribution < -0.4 is 0 Å². The second kappa shape index (κ2) is 5.28. The van der Waals surface area contributed by atoms with Crippen LogP contribution in [0.15, 0.2) is 12.3 Å². The van der Waals surface area contributed by atoms with Crippen LogP contribution in [0.5, 0.6) is 0 Å². The molecular weight excluding hydrogens is 192 g/mol. The van der Waals surface area contributed by atoms with Gasteiger partial charge in [-0.15, -0.1) is 0 Å². The molecule has 0 bridgehead atoms. The zero-order valence-electron chi connectivity index (χ0n) is 9.19. The molecule has 2 rings (SSSR count). The number of hydrogen-bond acceptors (Lipinski definition) is 3. The van der Waals surface area contributed by atoms with Gasteiger partial charge in [0.15, 0.2) is 6.29 Å². The lowest BCUT2D eigenvalue weighted by Crippen LogP contribution is -2.24. The highest BCUT2D eigenvalue weighted by atomic mass is 16.7. The predicted molar refractivity (Wildman–Crippen MR) is 56.5 cm³/mol. The van der Waals surface area contributed by atoms with Crippen molar-refractivity contribution in [1.29, 1.82) is 0 Å². The van der Waals surface area contributed by atoms with E-state index in [1.165, 1.54) is 6.42 Å². The first-order valence-corrected chi connectivity index (χ1v) is 5.58. The van der Waals surface area contributed by atoms with Crippen molar-refractivity contribution in [1.82, 2.24) is 9.78 Å². The maximum atomic E-state index is 5.61. The predicted octanol–water partition coefficient (Wildman–Crippen LogP) is 1.73. The van der Waals surface area contributed by atoms with Gasteiger partial charge < -0.3 is 9.47 Å². The Morgan fingerprint density at radius 1 is 1.60 bits per heavy atom. The van der Waals surface area contributed by atoms with E-state index in [4.69, 9.17) is 9.47 Å². The molecule has 1 aromatic heterocycles. The molecule has 0 spiro atoms. The van der Waals surface area contributed by atoms with Crippen molar-refractivity contribution in [3.8, 4) is 0 Å². The summed E-state index contributed by atoms with van der Waals surface area (Å²) in [6, 6.07) is 2.00. The highest BCUT2D eigenvalue weighted by Gasteiger charge is 2.13. The van der Waals surface area contributed by atoms with Gasteiger partial charge in [0.1, 0.15) is 0 Å². The Kier molecular flexibility index (Phi) is 3.75. The SMILES string of the molecule is Cc1ccn(CCOC2CCCCO2)n1. The van der Waals surface area contributed by atoms with Crippen LogP contribution in [-0.2, 0) is 16.0 Å². The quantitative estimate of drug-likeness (QED) is 0.759. The minimum Gasteiger partial charge on any atom is -0.353 e. The summed E-state index contributed by atoms with van der Waals surface area (Å²) in [5, 5.41) is 4.29. The Balaban J connectivity index is 1.65. The molecule has 0 saturated carbocycles. The molecule has 1 fully saturated rings. The molecule has 1 atom stereocenters. The lowest BCUT2D eigenvalue weighted by molar-refractivity contribution is -0.163. The van der Waals surface area contributed by atoms with Crippen LogP contribution in [0.1, 0.15) is 25.0 Å². The number of aryl methyl sites for hydroxylation is 1. The molecule has 4 nitrogen and oxygen atoms in total. The molecule has 1 saturated heterocycles. The molecule has 1 unspecified atom stereocenters. The number of hydrogen-bond donors (Lipinski definition) is 0. The van der Waals surface area contributed by atoms with E-state index in [-0.39, 0.29) is 6.29 Å². The Hall–Kier alpha value is -0.870. The fourth-order valence-electron chi connectivity index (χ4n) is 1.71. The first-order valence-electron chi connectivity index (χ1n) is 5.58. The first-order chi connectivity index (χ1) is 7.34. The summed E-state index contributed by atoms with van der Waals surface area (Å²) in [5.41, 5.74) is 1.05. The van der Waals surface area contributed by atoms with E-state index < -0.39 is 0 Å². The second-order valence-electron chi connectivity index (χ2n) is 3.89. The van der Waals surface area contributed by atoms with Crippen LogP contribution in [-0.4, -0.2) is 29.3 Å². The van der Waals surface area contributed by atoms with Crippen LogP contribution in [0, 0.1) is 6.92 Å². The lowest BCUT2D eigenvalue weighted by atomic mass is 10.2. The van der Waals surface area contributed by atoms with Gasteiger partial charge in [0.05, 0.1) is 18.8 Å². The van der Waals surface area contributed by atoms with Crippen LogP contribution >= 0.6 is 0 Å². The highest BCUT2D eigenvalue weighted by Crippen LogP contribution is 2.13. The van der Waals surface area contributed by atoms with Crippen LogP contribution in [0.3, 0.4) is 0 Å². The van der Waals surface area contributed by atoms with Gasteiger partial charge in [0.25, 0.3) is 0 Å². The minimum absolute atomic E-state index is 0.00964. The molecule has 0 radical (unpaired) electrons. The molecular formula is C11H18N2O2. The molecule has 0 aliphatic carbocycles. The summed E-state index contributed by atoms with van der Waals surface area (Å²) in [7, 11) is 0. The largest absolute Gasteiger partial charge is 0.353 e. The zero-order chi connectivity index (χ0) is 10.5. The van der Waals surface area contributed by atoms with Crippen LogP contribution in [0.4, 0.5) is 0 Å². The Bertz CT molecular complexity index is 293. The fraction of sp³-hybridized carbons (Fsp3) is 0.727. The van der Waals surface area contributed by atoms with Crippen LogP contribution in [0.2, 0.25) is 0 Å². The number of ether oxygens (including phenoxy) is 2. The number of aromatic nitrogens is 2. The van der Waals surface area contributed by atoms with Crippen LogP contribution in [0.25, 0.3) is 0 Å². The third kappa shape index (κ3) is 3.32. The summed E-state index contributed by atoms with van der Waals surface area (Å²) in [6.45, 7) is 4.30. The Morgan fingerprint density at radius 2 is 2.53 bits per heavy atom. The summed E-state index contributed by atoms with van der Waals surface area (Å²) in [5.74, 6) is 0. The van der Waals surface area contributed by atoms with Gasteiger partial charge in [-0.2, -0.15) is 5.10 Å². The molecule has 4 heteroatoms. The molecule has 0 N–H and O–H groups in total. The van der Waals surface area contributed by atoms with Gasteiger partial charge in [-0.05, 0) is 32.3 Å². The van der Waals surface area contributed by atoms with Gasteiger partial charge in [-0.25, -0.2) is 0 Å². The first kappa shape index (κ1) is 10.6. The van der Waals surface area contributed by atoms with Crippen molar-refractivity contribution >= 4 is 0 Å². The second-order valence-corrected chi connectivity index (χ2v) is 3.89. The molecule has 1 aliphatic heterocycles. The third-order valence-corrected chi connectivity index (χ3v) is 2.54. The van der Waals surface area contributed by atoms with E-state index in [1.807, 2.05) is 23.9 Å². The Labute approximate surface area is 90.2 Å². The van der Waals surface area contributed by atoms with Crippen molar-refractivity contribution in [3.63, 3.8) is 0 Å². The smallest absolute Gasteiger partial charge is 0.157 e. The van der Waals surface area contributed by atoms with Crippen molar-refractivity contribution in [2.45, 2.75) is 39.0 Å². The summed E-state index contributed by atoms with van der Waals surface area (Å²) < 4.78 is 13.0. The standard InChI is InChI=1S/C11H18N2O2/c1-10-5-6-13(12-10)7-9-15-11-4-2-3-8-14-11/h5-6,11H,2-4,7-9H2,1H3. The molecule has 0 aromatic carbocycles. The van der Waals surface area contributed by atoms with E-state index in [2.05, 4.69) is 5.10 Å². The van der Waals surface area contributed by atoms with Gasteiger partial charge in [0, 0.05) is 12.8 Å². The van der Waals surface area contributed by atoms with Gasteiger partial charge in [-0.3, -0.25) is 4.68 Å². The van der Waals surface area contributed by atoms with E-state index in [1.54, 1.807) is 0 Å². The maximum Gasteiger partial charge on any atom is 0.157 e. The van der Waals surface area contributed by atoms with Crippen molar-refractivity contribution in [3.05, 3.63) is 18.0 Å². The third-order valence-electron chi connectivity index (χ3n) is 2.54. The molecule has 2 heterocycles. The van der Waals surface area contributed by atoms with E-state index >= 15 is 0 Å². The molecule has 0 amide bonds. The summed E-state index contributed by atoms with van der Waals surface area (Å²) >= 11 is 0. The average Bonchev–Trinajstić information content (AvgIpc) is 2.66. The van der Waals surface area contributed by atoms with E-state index in [0.29, 0.717) is 6.61 Å². The van der Waals surface area contributed by atoms with Gasteiger partial charge >= 0.3 is 0 Å². The molecule has 1 aromatic rings. The topological polar surface area (TPSA) is 36.3 Å². The zero-order valence-corrected chi connectivity index (χ0v) is 9.19. The monoisotopic (exact) mass is 210 g/mol. The lowest BCUT2D eigenvalue weighted by Gasteiger charge is -2.22. The molecule has 1 aliphatic rings. The van der Waals surface area contributed by atoms with Crippen molar-refractivity contribution in [2.24, 2.45) is 0 Å². The minimum atomic E-state index is 0.00964. The molecule has 15 heavy (non-hydrogen) atoms.